The molecule has 0 unspecified atom stereocenters. The van der Waals surface area contributed by atoms with Gasteiger partial charge in [0.15, 0.2) is 0 Å². The first-order valence-electron chi connectivity index (χ1n) is 3.21. The van der Waals surface area contributed by atoms with E-state index in [1.165, 1.54) is 6.07 Å². The Bertz CT molecular complexity index is 438. The molecule has 0 bridgehead atoms. The lowest BCUT2D eigenvalue weighted by Gasteiger charge is -1.98. The molecule has 62 valence electrons. The van der Waals surface area contributed by atoms with E-state index in [1.54, 1.807) is 11.3 Å². The molecule has 0 saturated carbocycles. The van der Waals surface area contributed by atoms with E-state index in [4.69, 9.17) is 0 Å². The van der Waals surface area contributed by atoms with Crippen molar-refractivity contribution in [2.75, 3.05) is 0 Å². The zero-order valence-electron chi connectivity index (χ0n) is 5.77. The second-order valence-electron chi connectivity index (χ2n) is 2.32. The lowest BCUT2D eigenvalue weighted by molar-refractivity contribution is 0.622. The maximum atomic E-state index is 13.2. The van der Waals surface area contributed by atoms with Gasteiger partial charge in [-0.15, -0.1) is 11.3 Å². The van der Waals surface area contributed by atoms with Crippen molar-refractivity contribution in [3.8, 4) is 0 Å². The molecule has 0 N–H and O–H groups in total. The van der Waals surface area contributed by atoms with E-state index in [2.05, 4.69) is 15.9 Å². The molecule has 12 heavy (non-hydrogen) atoms. The standard InChI is InChI=1S/C8H3BrFIS/c9-5-3-6(10)7(11)8-4(5)1-2-12-8/h1-3H. The van der Waals surface area contributed by atoms with Crippen molar-refractivity contribution in [1.82, 2.24) is 0 Å². The maximum absolute atomic E-state index is 13.2. The summed E-state index contributed by atoms with van der Waals surface area (Å²) >= 11 is 6.92. The molecule has 1 aromatic carbocycles. The molecule has 1 aromatic heterocycles. The highest BCUT2D eigenvalue weighted by Gasteiger charge is 2.08. The highest BCUT2D eigenvalue weighted by Crippen LogP contribution is 2.33. The Hall–Kier alpha value is 0.320. The molecule has 0 aliphatic heterocycles. The monoisotopic (exact) mass is 356 g/mol. The van der Waals surface area contributed by atoms with Gasteiger partial charge in [-0.05, 0) is 40.1 Å². The number of halogens is 3. The van der Waals surface area contributed by atoms with Gasteiger partial charge < -0.3 is 0 Å². The van der Waals surface area contributed by atoms with Gasteiger partial charge in [0.2, 0.25) is 0 Å². The quantitative estimate of drug-likeness (QED) is 0.484. The molecule has 0 saturated heterocycles. The van der Waals surface area contributed by atoms with Crippen LogP contribution in [0.5, 0.6) is 0 Å². The van der Waals surface area contributed by atoms with Gasteiger partial charge in [-0.1, -0.05) is 15.9 Å². The Kier molecular flexibility index (Phi) is 2.39. The van der Waals surface area contributed by atoms with Gasteiger partial charge in [0.1, 0.15) is 5.82 Å². The predicted octanol–water partition coefficient (Wildman–Crippen LogP) is 4.41. The lowest BCUT2D eigenvalue weighted by Crippen LogP contribution is -1.81. The molecule has 0 radical (unpaired) electrons. The third-order valence-electron chi connectivity index (χ3n) is 1.59. The van der Waals surface area contributed by atoms with Crippen molar-refractivity contribution in [2.24, 2.45) is 0 Å². The minimum Gasteiger partial charge on any atom is -0.206 e. The Morgan fingerprint density at radius 1 is 1.50 bits per heavy atom. The van der Waals surface area contributed by atoms with Crippen LogP contribution in [0.4, 0.5) is 4.39 Å². The Morgan fingerprint density at radius 3 is 3.00 bits per heavy atom. The summed E-state index contributed by atoms with van der Waals surface area (Å²) in [6.07, 6.45) is 0. The van der Waals surface area contributed by atoms with Gasteiger partial charge in [0.25, 0.3) is 0 Å². The third kappa shape index (κ3) is 1.29. The van der Waals surface area contributed by atoms with Crippen LogP contribution >= 0.6 is 49.9 Å². The molecule has 4 heteroatoms. The van der Waals surface area contributed by atoms with E-state index in [1.807, 2.05) is 34.0 Å². The number of thiophene rings is 1. The van der Waals surface area contributed by atoms with E-state index in [9.17, 15) is 4.39 Å². The molecule has 0 aliphatic rings. The summed E-state index contributed by atoms with van der Waals surface area (Å²) in [7, 11) is 0. The lowest BCUT2D eigenvalue weighted by atomic mass is 10.3. The van der Waals surface area contributed by atoms with E-state index < -0.39 is 0 Å². The molecule has 0 nitrogen and oxygen atoms in total. The first-order valence-corrected chi connectivity index (χ1v) is 5.96. The summed E-state index contributed by atoms with van der Waals surface area (Å²) in [5.41, 5.74) is 0. The van der Waals surface area contributed by atoms with Crippen LogP contribution in [0.15, 0.2) is 22.0 Å². The van der Waals surface area contributed by atoms with Gasteiger partial charge in [0, 0.05) is 9.86 Å². The number of hydrogen-bond acceptors (Lipinski definition) is 1. The Labute approximate surface area is 95.0 Å². The van der Waals surface area contributed by atoms with Crippen LogP contribution in [0, 0.1) is 9.39 Å². The summed E-state index contributed by atoms with van der Waals surface area (Å²) in [6, 6.07) is 3.50. The highest BCUT2D eigenvalue weighted by atomic mass is 127. The second kappa shape index (κ2) is 3.23. The number of rotatable bonds is 0. The molecule has 0 aliphatic carbocycles. The van der Waals surface area contributed by atoms with Crippen molar-refractivity contribution < 1.29 is 4.39 Å². The number of fused-ring (bicyclic) bond motifs is 1. The summed E-state index contributed by atoms with van der Waals surface area (Å²) in [4.78, 5) is 0. The SMILES string of the molecule is Fc1cc(Br)c2ccsc2c1I. The van der Waals surface area contributed by atoms with Crippen molar-refractivity contribution in [2.45, 2.75) is 0 Å². The molecular weight excluding hydrogens is 354 g/mol. The fourth-order valence-corrected chi connectivity index (χ4v) is 3.36. The van der Waals surface area contributed by atoms with Crippen LogP contribution in [0.25, 0.3) is 10.1 Å². The average Bonchev–Trinajstić information content (AvgIpc) is 2.48. The van der Waals surface area contributed by atoms with Crippen molar-refractivity contribution in [3.05, 3.63) is 31.4 Å². The molecule has 0 amide bonds. The van der Waals surface area contributed by atoms with Crippen LogP contribution in [0.2, 0.25) is 0 Å². The van der Waals surface area contributed by atoms with Crippen LogP contribution in [0.1, 0.15) is 0 Å². The minimum absolute atomic E-state index is 0.155. The first kappa shape index (κ1) is 8.90. The predicted molar refractivity (Wildman–Crippen MR) is 62.2 cm³/mol. The molecule has 0 spiro atoms. The summed E-state index contributed by atoms with van der Waals surface area (Å²) < 4.78 is 15.7. The van der Waals surface area contributed by atoms with Gasteiger partial charge >= 0.3 is 0 Å². The summed E-state index contributed by atoms with van der Waals surface area (Å²) in [5, 5.41) is 3.06. The normalized spacial score (nSPS) is 10.9. The van der Waals surface area contributed by atoms with Crippen molar-refractivity contribution in [3.63, 3.8) is 0 Å². The number of benzene rings is 1. The zero-order valence-corrected chi connectivity index (χ0v) is 10.3. The fraction of sp³-hybridized carbons (Fsp3) is 0. The zero-order chi connectivity index (χ0) is 8.72. The van der Waals surface area contributed by atoms with Crippen LogP contribution in [-0.4, -0.2) is 0 Å². The van der Waals surface area contributed by atoms with Crippen LogP contribution in [-0.2, 0) is 0 Å². The molecule has 0 fully saturated rings. The van der Waals surface area contributed by atoms with E-state index in [0.717, 1.165) is 14.6 Å². The van der Waals surface area contributed by atoms with E-state index >= 15 is 0 Å². The van der Waals surface area contributed by atoms with E-state index in [-0.39, 0.29) is 5.82 Å². The van der Waals surface area contributed by atoms with Crippen molar-refractivity contribution >= 4 is 59.9 Å². The minimum atomic E-state index is -0.155. The second-order valence-corrected chi connectivity index (χ2v) is 5.17. The highest BCUT2D eigenvalue weighted by molar-refractivity contribution is 14.1. The topological polar surface area (TPSA) is 0 Å². The molecule has 1 heterocycles. The molecule has 2 rings (SSSR count). The van der Waals surface area contributed by atoms with E-state index in [0.29, 0.717) is 3.57 Å². The molecule has 2 aromatic rings. The Balaban J connectivity index is 2.97. The third-order valence-corrected chi connectivity index (χ3v) is 4.59. The van der Waals surface area contributed by atoms with Gasteiger partial charge in [-0.25, -0.2) is 4.39 Å². The van der Waals surface area contributed by atoms with Gasteiger partial charge in [-0.2, -0.15) is 0 Å². The van der Waals surface area contributed by atoms with Gasteiger partial charge in [0.05, 0.1) is 8.27 Å². The largest absolute Gasteiger partial charge is 0.206 e. The average molecular weight is 357 g/mol. The Morgan fingerprint density at radius 2 is 2.25 bits per heavy atom. The van der Waals surface area contributed by atoms with Gasteiger partial charge in [-0.3, -0.25) is 0 Å². The van der Waals surface area contributed by atoms with Crippen molar-refractivity contribution in [1.29, 1.82) is 0 Å². The maximum Gasteiger partial charge on any atom is 0.139 e. The summed E-state index contributed by atoms with van der Waals surface area (Å²) in [6.45, 7) is 0. The van der Waals surface area contributed by atoms with Crippen LogP contribution in [0.3, 0.4) is 0 Å². The molecule has 0 atom stereocenters. The number of hydrogen-bond donors (Lipinski definition) is 0. The molecular formula is C8H3BrFIS. The first-order chi connectivity index (χ1) is 5.70. The van der Waals surface area contributed by atoms with Crippen LogP contribution < -0.4 is 0 Å². The summed E-state index contributed by atoms with van der Waals surface area (Å²) in [5.74, 6) is -0.155. The smallest absolute Gasteiger partial charge is 0.139 e. The fourth-order valence-electron chi connectivity index (χ4n) is 1.03.